The molecule has 0 spiro atoms. The Balaban J connectivity index is 1.33. The van der Waals surface area contributed by atoms with Crippen LogP contribution in [0, 0.1) is 6.92 Å². The monoisotopic (exact) mass is 379 g/mol. The van der Waals surface area contributed by atoms with Gasteiger partial charge in [-0.15, -0.1) is 0 Å². The molecular formula is C21H25N5O2. The third-order valence-corrected chi connectivity index (χ3v) is 5.40. The molecule has 1 aromatic carbocycles. The second-order valence-corrected chi connectivity index (χ2v) is 7.52. The number of carboxylic acids is 1. The second kappa shape index (κ2) is 7.98. The Bertz CT molecular complexity index is 953. The van der Waals surface area contributed by atoms with Crippen molar-refractivity contribution in [1.29, 1.82) is 0 Å². The zero-order valence-electron chi connectivity index (χ0n) is 16.0. The lowest BCUT2D eigenvalue weighted by molar-refractivity contribution is -0.136. The highest BCUT2D eigenvalue weighted by atomic mass is 16.4. The van der Waals surface area contributed by atoms with E-state index in [1.807, 2.05) is 29.1 Å². The average molecular weight is 379 g/mol. The number of nitrogens with one attached hydrogen (secondary N) is 1. The summed E-state index contributed by atoms with van der Waals surface area (Å²) in [6, 6.07) is 10.2. The van der Waals surface area contributed by atoms with Crippen molar-refractivity contribution in [1.82, 2.24) is 24.9 Å². The molecule has 0 bridgehead atoms. The molecule has 146 valence electrons. The minimum Gasteiger partial charge on any atom is -0.481 e. The quantitative estimate of drug-likeness (QED) is 0.688. The summed E-state index contributed by atoms with van der Waals surface area (Å²) in [5.74, 6) is -0.444. The van der Waals surface area contributed by atoms with Crippen molar-refractivity contribution in [2.24, 2.45) is 0 Å². The lowest BCUT2D eigenvalue weighted by atomic mass is 9.93. The summed E-state index contributed by atoms with van der Waals surface area (Å²) in [7, 11) is 0. The zero-order chi connectivity index (χ0) is 19.5. The summed E-state index contributed by atoms with van der Waals surface area (Å²) in [5.41, 5.74) is 5.20. The molecule has 0 unspecified atom stereocenters. The van der Waals surface area contributed by atoms with Crippen LogP contribution >= 0.6 is 0 Å². The number of rotatable bonds is 6. The molecule has 1 fully saturated rings. The molecule has 3 heterocycles. The molecule has 2 aromatic heterocycles. The predicted octanol–water partition coefficient (Wildman–Crippen LogP) is 2.91. The van der Waals surface area contributed by atoms with Gasteiger partial charge in [-0.25, -0.2) is 4.68 Å². The van der Waals surface area contributed by atoms with Crippen molar-refractivity contribution in [3.05, 3.63) is 65.2 Å². The van der Waals surface area contributed by atoms with E-state index in [2.05, 4.69) is 45.4 Å². The average Bonchev–Trinajstić information content (AvgIpc) is 3.32. The first-order valence-corrected chi connectivity index (χ1v) is 9.66. The van der Waals surface area contributed by atoms with E-state index in [1.165, 1.54) is 11.1 Å². The summed E-state index contributed by atoms with van der Waals surface area (Å²) in [6.45, 7) is 4.99. The van der Waals surface area contributed by atoms with Crippen LogP contribution in [0.25, 0.3) is 5.69 Å². The molecule has 1 aliphatic rings. The third-order valence-electron chi connectivity index (χ3n) is 5.40. The molecule has 7 nitrogen and oxygen atoms in total. The molecule has 0 radical (unpaired) electrons. The van der Waals surface area contributed by atoms with Gasteiger partial charge in [-0.05, 0) is 50.6 Å². The van der Waals surface area contributed by atoms with Gasteiger partial charge in [0.05, 0.1) is 24.0 Å². The lowest BCUT2D eigenvalue weighted by Crippen LogP contribution is -2.32. The number of benzene rings is 1. The van der Waals surface area contributed by atoms with Crippen LogP contribution in [0.15, 0.2) is 42.7 Å². The zero-order valence-corrected chi connectivity index (χ0v) is 16.0. The molecule has 0 amide bonds. The highest BCUT2D eigenvalue weighted by molar-refractivity contribution is 5.69. The first-order valence-electron chi connectivity index (χ1n) is 9.66. The van der Waals surface area contributed by atoms with Gasteiger partial charge in [-0.3, -0.25) is 14.8 Å². The van der Waals surface area contributed by atoms with Crippen LogP contribution < -0.4 is 0 Å². The van der Waals surface area contributed by atoms with E-state index in [4.69, 9.17) is 5.11 Å². The largest absolute Gasteiger partial charge is 0.481 e. The number of aliphatic carboxylic acids is 1. The van der Waals surface area contributed by atoms with Gasteiger partial charge in [0.25, 0.3) is 0 Å². The van der Waals surface area contributed by atoms with Gasteiger partial charge in [-0.2, -0.15) is 10.2 Å². The number of para-hydroxylation sites is 1. The van der Waals surface area contributed by atoms with Crippen LogP contribution in [0.4, 0.5) is 0 Å². The number of H-pyrrole nitrogens is 1. The number of hydrogen-bond acceptors (Lipinski definition) is 4. The number of nitrogens with zero attached hydrogens (tertiary/aromatic N) is 4. The minimum absolute atomic E-state index is 0.00325. The number of aryl methyl sites for hydroxylation is 1. The first kappa shape index (κ1) is 18.4. The van der Waals surface area contributed by atoms with Crippen LogP contribution in [0.3, 0.4) is 0 Å². The number of aromatic amines is 1. The molecule has 0 saturated carbocycles. The van der Waals surface area contributed by atoms with Crippen molar-refractivity contribution >= 4 is 5.97 Å². The van der Waals surface area contributed by atoms with Crippen molar-refractivity contribution in [2.45, 2.75) is 38.6 Å². The molecule has 1 aliphatic heterocycles. The number of aromatic nitrogens is 4. The predicted molar refractivity (Wildman–Crippen MR) is 105 cm³/mol. The number of carboxylic acid groups (broad SMARTS) is 1. The first-order chi connectivity index (χ1) is 13.6. The van der Waals surface area contributed by atoms with Gasteiger partial charge in [0.1, 0.15) is 0 Å². The molecular weight excluding hydrogens is 354 g/mol. The van der Waals surface area contributed by atoms with Gasteiger partial charge in [0, 0.05) is 29.9 Å². The summed E-state index contributed by atoms with van der Waals surface area (Å²) >= 11 is 0. The van der Waals surface area contributed by atoms with Crippen molar-refractivity contribution in [3.63, 3.8) is 0 Å². The lowest BCUT2D eigenvalue weighted by Gasteiger charge is -2.30. The fraction of sp³-hybridized carbons (Fsp3) is 0.381. The van der Waals surface area contributed by atoms with E-state index < -0.39 is 5.97 Å². The summed E-state index contributed by atoms with van der Waals surface area (Å²) in [6.07, 6.45) is 6.12. The number of likely N-dealkylation sites (tertiary alicyclic amines) is 1. The fourth-order valence-electron chi connectivity index (χ4n) is 3.88. The minimum atomic E-state index is -0.837. The third kappa shape index (κ3) is 4.14. The van der Waals surface area contributed by atoms with Gasteiger partial charge < -0.3 is 5.11 Å². The molecule has 7 heteroatoms. The fourth-order valence-corrected chi connectivity index (χ4v) is 3.88. The van der Waals surface area contributed by atoms with Gasteiger partial charge in [-0.1, -0.05) is 18.2 Å². The Kier molecular flexibility index (Phi) is 5.25. The normalized spacial score (nSPS) is 15.8. The maximum absolute atomic E-state index is 10.8. The number of hydrogen-bond donors (Lipinski definition) is 2. The summed E-state index contributed by atoms with van der Waals surface area (Å²) in [5, 5.41) is 20.6. The highest BCUT2D eigenvalue weighted by Gasteiger charge is 2.23. The van der Waals surface area contributed by atoms with E-state index in [0.29, 0.717) is 11.6 Å². The topological polar surface area (TPSA) is 87.0 Å². The van der Waals surface area contributed by atoms with Crippen LogP contribution in [-0.4, -0.2) is 49.0 Å². The molecule has 1 saturated heterocycles. The van der Waals surface area contributed by atoms with Gasteiger partial charge in [0.2, 0.25) is 0 Å². The number of piperidine rings is 1. The van der Waals surface area contributed by atoms with Crippen molar-refractivity contribution < 1.29 is 9.90 Å². The van der Waals surface area contributed by atoms with Crippen LogP contribution in [0.2, 0.25) is 0 Å². The second-order valence-electron chi connectivity index (χ2n) is 7.52. The maximum Gasteiger partial charge on any atom is 0.309 e. The van der Waals surface area contributed by atoms with Crippen LogP contribution in [-0.2, 0) is 17.8 Å². The van der Waals surface area contributed by atoms with Crippen molar-refractivity contribution in [3.8, 4) is 5.69 Å². The molecule has 0 atom stereocenters. The highest BCUT2D eigenvalue weighted by Crippen LogP contribution is 2.28. The Morgan fingerprint density at radius 3 is 2.82 bits per heavy atom. The smallest absolute Gasteiger partial charge is 0.309 e. The number of carbonyl (C=O) groups is 1. The molecule has 0 aliphatic carbocycles. The Hall–Kier alpha value is -2.93. The Labute approximate surface area is 164 Å². The summed E-state index contributed by atoms with van der Waals surface area (Å²) in [4.78, 5) is 13.3. The van der Waals surface area contributed by atoms with Crippen molar-refractivity contribution in [2.75, 3.05) is 13.1 Å². The van der Waals surface area contributed by atoms with E-state index in [9.17, 15) is 4.79 Å². The van der Waals surface area contributed by atoms with E-state index >= 15 is 0 Å². The van der Waals surface area contributed by atoms with Gasteiger partial charge >= 0.3 is 5.97 Å². The Morgan fingerprint density at radius 1 is 1.29 bits per heavy atom. The summed E-state index contributed by atoms with van der Waals surface area (Å²) < 4.78 is 1.95. The van der Waals surface area contributed by atoms with E-state index in [1.54, 1.807) is 0 Å². The molecule has 3 aromatic rings. The maximum atomic E-state index is 10.8. The molecule has 4 rings (SSSR count). The van der Waals surface area contributed by atoms with Crippen LogP contribution in [0.5, 0.6) is 0 Å². The van der Waals surface area contributed by atoms with Crippen LogP contribution in [0.1, 0.15) is 41.3 Å². The van der Waals surface area contributed by atoms with E-state index in [-0.39, 0.29) is 6.42 Å². The standard InChI is InChI=1S/C21H25N5O2/c1-15-4-2-3-5-20(15)26-14-16(12-22-26)13-25-8-6-17(7-9-25)19-10-18(23-24-19)11-21(27)28/h2-5,10,12,14,17H,6-9,11,13H2,1H3,(H,23,24)(H,27,28). The molecule has 28 heavy (non-hydrogen) atoms. The SMILES string of the molecule is Cc1ccccc1-n1cc(CN2CCC(c3cc(CC(=O)O)[nH]n3)CC2)cn1. The van der Waals surface area contributed by atoms with E-state index in [0.717, 1.165) is 43.9 Å². The molecule has 2 N–H and O–H groups in total. The van der Waals surface area contributed by atoms with Gasteiger partial charge in [0.15, 0.2) is 0 Å². The Morgan fingerprint density at radius 2 is 2.07 bits per heavy atom.